The molecule has 8 nitrogen and oxygen atoms in total. The van der Waals surface area contributed by atoms with E-state index in [1.54, 1.807) is 6.20 Å². The number of H-pyrrole nitrogens is 1. The van der Waals surface area contributed by atoms with Gasteiger partial charge in [0.2, 0.25) is 0 Å². The van der Waals surface area contributed by atoms with Crippen LogP contribution in [0.2, 0.25) is 0 Å². The molecule has 0 fully saturated rings. The number of hydrogen-bond donors (Lipinski definition) is 1. The summed E-state index contributed by atoms with van der Waals surface area (Å²) < 4.78 is 2.05. The largest absolute Gasteiger partial charge is 0.264 e. The van der Waals surface area contributed by atoms with Gasteiger partial charge in [-0.15, -0.1) is 5.10 Å². The van der Waals surface area contributed by atoms with Gasteiger partial charge < -0.3 is 0 Å². The number of hydrogen-bond acceptors (Lipinski definition) is 6. The van der Waals surface area contributed by atoms with Crippen LogP contribution < -0.4 is 0 Å². The molecule has 0 radical (unpaired) electrons. The Morgan fingerprint density at radius 2 is 1.90 bits per heavy atom. The first-order valence-corrected chi connectivity index (χ1v) is 10.4. The van der Waals surface area contributed by atoms with Crippen molar-refractivity contribution in [3.63, 3.8) is 0 Å². The minimum atomic E-state index is 0.374. The molecular weight excluding hydrogens is 376 g/mol. The molecule has 1 unspecified atom stereocenters. The van der Waals surface area contributed by atoms with Gasteiger partial charge in [0.25, 0.3) is 0 Å². The third kappa shape index (κ3) is 4.12. The second kappa shape index (κ2) is 8.94. The minimum Gasteiger partial charge on any atom is -0.264 e. The van der Waals surface area contributed by atoms with Crippen LogP contribution in [0.4, 0.5) is 0 Å². The maximum absolute atomic E-state index is 4.79. The number of nitrogens with one attached hydrogen (secondary N) is 1. The summed E-state index contributed by atoms with van der Waals surface area (Å²) in [5, 5.41) is 19.0. The van der Waals surface area contributed by atoms with E-state index in [-0.39, 0.29) is 0 Å². The van der Waals surface area contributed by atoms with Gasteiger partial charge in [-0.3, -0.25) is 4.98 Å². The number of pyridine rings is 1. The SMILES string of the molecule is CCCc1nc(C(C)CC)nn1Cc1ccc(-c2cnccc2-c2nnn[nH]2)cc1. The van der Waals surface area contributed by atoms with Gasteiger partial charge in [0.15, 0.2) is 11.6 Å². The third-order valence-corrected chi connectivity index (χ3v) is 5.31. The van der Waals surface area contributed by atoms with Crippen LogP contribution in [0.3, 0.4) is 0 Å². The molecule has 1 aromatic carbocycles. The smallest absolute Gasteiger partial charge is 0.180 e. The fourth-order valence-corrected chi connectivity index (χ4v) is 3.39. The number of nitrogens with zero attached hydrogens (tertiary/aromatic N) is 7. The average Bonchev–Trinajstić information content (AvgIpc) is 3.45. The zero-order valence-corrected chi connectivity index (χ0v) is 17.6. The van der Waals surface area contributed by atoms with E-state index in [9.17, 15) is 0 Å². The van der Waals surface area contributed by atoms with E-state index in [0.29, 0.717) is 18.3 Å². The van der Waals surface area contributed by atoms with Gasteiger partial charge in [-0.25, -0.2) is 14.8 Å². The molecule has 8 heteroatoms. The summed E-state index contributed by atoms with van der Waals surface area (Å²) in [4.78, 5) is 9.07. The van der Waals surface area contributed by atoms with Crippen LogP contribution in [0, 0.1) is 0 Å². The molecule has 0 aliphatic carbocycles. The van der Waals surface area contributed by atoms with Crippen molar-refractivity contribution in [1.82, 2.24) is 40.4 Å². The molecule has 4 aromatic rings. The molecule has 1 N–H and O–H groups in total. The third-order valence-electron chi connectivity index (χ3n) is 5.31. The molecule has 0 saturated heterocycles. The first-order chi connectivity index (χ1) is 14.7. The number of aromatic nitrogens is 8. The standard InChI is InChI=1S/C22H26N8/c1-4-6-20-24-21(15(3)5-2)27-30(20)14-16-7-9-17(10-8-16)19-13-23-12-11-18(19)22-25-28-29-26-22/h7-13,15H,4-6,14H2,1-3H3,(H,25,26,28,29). The molecule has 30 heavy (non-hydrogen) atoms. The van der Waals surface area contributed by atoms with E-state index in [4.69, 9.17) is 10.1 Å². The fraction of sp³-hybridized carbons (Fsp3) is 0.364. The van der Waals surface area contributed by atoms with Crippen molar-refractivity contribution >= 4 is 0 Å². The summed E-state index contributed by atoms with van der Waals surface area (Å²) in [6, 6.07) is 10.4. The van der Waals surface area contributed by atoms with Crippen molar-refractivity contribution in [2.75, 3.05) is 0 Å². The predicted octanol–water partition coefficient (Wildman–Crippen LogP) is 4.03. The van der Waals surface area contributed by atoms with Crippen molar-refractivity contribution in [2.24, 2.45) is 0 Å². The topological polar surface area (TPSA) is 98.1 Å². The summed E-state index contributed by atoms with van der Waals surface area (Å²) in [6.07, 6.45) is 6.61. The van der Waals surface area contributed by atoms with Crippen LogP contribution in [0.15, 0.2) is 42.7 Å². The van der Waals surface area contributed by atoms with Gasteiger partial charge in [-0.2, -0.15) is 5.10 Å². The van der Waals surface area contributed by atoms with Crippen molar-refractivity contribution in [3.05, 3.63) is 59.9 Å². The molecular formula is C22H26N8. The molecule has 0 spiro atoms. The van der Waals surface area contributed by atoms with E-state index in [0.717, 1.165) is 47.6 Å². The summed E-state index contributed by atoms with van der Waals surface area (Å²) in [5.41, 5.74) is 4.14. The van der Waals surface area contributed by atoms with E-state index in [1.165, 1.54) is 5.56 Å². The van der Waals surface area contributed by atoms with Gasteiger partial charge in [-0.05, 0) is 40.5 Å². The van der Waals surface area contributed by atoms with E-state index in [1.807, 2.05) is 12.3 Å². The van der Waals surface area contributed by atoms with Crippen LogP contribution in [-0.4, -0.2) is 40.4 Å². The molecule has 1 atom stereocenters. The van der Waals surface area contributed by atoms with Crippen LogP contribution in [0.25, 0.3) is 22.5 Å². The molecule has 0 amide bonds. The number of aryl methyl sites for hydroxylation is 1. The molecule has 0 bridgehead atoms. The lowest BCUT2D eigenvalue weighted by Crippen LogP contribution is -2.07. The molecule has 4 rings (SSSR count). The monoisotopic (exact) mass is 402 g/mol. The van der Waals surface area contributed by atoms with Gasteiger partial charge in [0, 0.05) is 35.9 Å². The Morgan fingerprint density at radius 1 is 1.07 bits per heavy atom. The molecule has 0 aliphatic heterocycles. The van der Waals surface area contributed by atoms with Crippen LogP contribution in [0.5, 0.6) is 0 Å². The van der Waals surface area contributed by atoms with Gasteiger partial charge in [0.05, 0.1) is 6.54 Å². The van der Waals surface area contributed by atoms with Gasteiger partial charge in [-0.1, -0.05) is 45.0 Å². The fourth-order valence-electron chi connectivity index (χ4n) is 3.39. The van der Waals surface area contributed by atoms with Crippen molar-refractivity contribution in [2.45, 2.75) is 52.5 Å². The normalized spacial score (nSPS) is 12.2. The maximum Gasteiger partial charge on any atom is 0.180 e. The second-order valence-electron chi connectivity index (χ2n) is 7.47. The Kier molecular flexibility index (Phi) is 5.92. The zero-order valence-electron chi connectivity index (χ0n) is 17.6. The zero-order chi connectivity index (χ0) is 20.9. The molecule has 0 aliphatic rings. The van der Waals surface area contributed by atoms with Gasteiger partial charge in [0.1, 0.15) is 5.82 Å². The number of tetrazole rings is 1. The quantitative estimate of drug-likeness (QED) is 0.478. The Balaban J connectivity index is 1.59. The molecule has 3 heterocycles. The highest BCUT2D eigenvalue weighted by atomic mass is 15.5. The Hall–Kier alpha value is -3.42. The molecule has 0 saturated carbocycles. The Morgan fingerprint density at radius 3 is 2.60 bits per heavy atom. The number of benzene rings is 1. The average molecular weight is 403 g/mol. The Bertz CT molecular complexity index is 1080. The van der Waals surface area contributed by atoms with E-state index in [2.05, 4.69) is 75.3 Å². The summed E-state index contributed by atoms with van der Waals surface area (Å²) >= 11 is 0. The first-order valence-electron chi connectivity index (χ1n) is 10.4. The predicted molar refractivity (Wildman–Crippen MR) is 115 cm³/mol. The highest BCUT2D eigenvalue weighted by Gasteiger charge is 2.15. The summed E-state index contributed by atoms with van der Waals surface area (Å²) in [6.45, 7) is 7.24. The highest BCUT2D eigenvalue weighted by molar-refractivity contribution is 5.79. The van der Waals surface area contributed by atoms with Gasteiger partial charge >= 0.3 is 0 Å². The first kappa shape index (κ1) is 19.9. The lowest BCUT2D eigenvalue weighted by atomic mass is 10.0. The Labute approximate surface area is 175 Å². The van der Waals surface area contributed by atoms with Crippen LogP contribution >= 0.6 is 0 Å². The van der Waals surface area contributed by atoms with E-state index >= 15 is 0 Å². The van der Waals surface area contributed by atoms with E-state index < -0.39 is 0 Å². The van der Waals surface area contributed by atoms with Crippen molar-refractivity contribution in [3.8, 4) is 22.5 Å². The minimum absolute atomic E-state index is 0.374. The van der Waals surface area contributed by atoms with Crippen LogP contribution in [-0.2, 0) is 13.0 Å². The lowest BCUT2D eigenvalue weighted by molar-refractivity contribution is 0.609. The maximum atomic E-state index is 4.79. The van der Waals surface area contributed by atoms with Crippen molar-refractivity contribution < 1.29 is 0 Å². The van der Waals surface area contributed by atoms with Crippen molar-refractivity contribution in [1.29, 1.82) is 0 Å². The second-order valence-corrected chi connectivity index (χ2v) is 7.47. The summed E-state index contributed by atoms with van der Waals surface area (Å²) in [5.74, 6) is 3.00. The number of aromatic amines is 1. The summed E-state index contributed by atoms with van der Waals surface area (Å²) in [7, 11) is 0. The highest BCUT2D eigenvalue weighted by Crippen LogP contribution is 2.29. The number of rotatable bonds is 8. The lowest BCUT2D eigenvalue weighted by Gasteiger charge is -2.09. The van der Waals surface area contributed by atoms with Crippen LogP contribution in [0.1, 0.15) is 56.7 Å². The molecule has 3 aromatic heterocycles. The molecule has 154 valence electrons.